The van der Waals surface area contributed by atoms with E-state index in [2.05, 4.69) is 35.0 Å². The van der Waals surface area contributed by atoms with Crippen LogP contribution in [-0.2, 0) is 5.60 Å². The minimum atomic E-state index is -0.880. The number of hydrogen-bond donors (Lipinski definition) is 1. The molecule has 0 aromatic heterocycles. The molecule has 22 heavy (non-hydrogen) atoms. The Balaban J connectivity index is 2.42. The zero-order chi connectivity index (χ0) is 16.2. The van der Waals surface area contributed by atoms with Gasteiger partial charge in [-0.15, -0.1) is 0 Å². The lowest BCUT2D eigenvalue weighted by Gasteiger charge is -2.36. The summed E-state index contributed by atoms with van der Waals surface area (Å²) in [6, 6.07) is 16.0. The molecule has 0 heterocycles. The van der Waals surface area contributed by atoms with Gasteiger partial charge in [0.2, 0.25) is 0 Å². The van der Waals surface area contributed by atoms with E-state index in [4.69, 9.17) is 4.74 Å². The van der Waals surface area contributed by atoms with Crippen LogP contribution in [0.3, 0.4) is 0 Å². The average Bonchev–Trinajstić information content (AvgIpc) is 2.57. The fourth-order valence-corrected chi connectivity index (χ4v) is 3.34. The van der Waals surface area contributed by atoms with E-state index in [1.165, 1.54) is 0 Å². The molecule has 1 N–H and O–H groups in total. The van der Waals surface area contributed by atoms with Gasteiger partial charge in [-0.2, -0.15) is 0 Å². The molecule has 0 radical (unpaired) electrons. The third-order valence-electron chi connectivity index (χ3n) is 4.39. The lowest BCUT2D eigenvalue weighted by atomic mass is 9.74. The van der Waals surface area contributed by atoms with E-state index < -0.39 is 5.60 Å². The first-order valence-corrected chi connectivity index (χ1v) is 8.46. The SMILES string of the molecule is CC[C@H](c1ccc(Br)cc1)[C@](O)(CC)c1ccc(OC)cc1. The summed E-state index contributed by atoms with van der Waals surface area (Å²) >= 11 is 3.47. The lowest BCUT2D eigenvalue weighted by Crippen LogP contribution is -2.32. The zero-order valence-electron chi connectivity index (χ0n) is 13.3. The molecule has 3 heteroatoms. The molecule has 2 rings (SSSR count). The zero-order valence-corrected chi connectivity index (χ0v) is 14.9. The number of hydrogen-bond acceptors (Lipinski definition) is 2. The van der Waals surface area contributed by atoms with Crippen LogP contribution in [0, 0.1) is 0 Å². The van der Waals surface area contributed by atoms with Gasteiger partial charge < -0.3 is 9.84 Å². The molecule has 0 fully saturated rings. The van der Waals surface area contributed by atoms with Crippen molar-refractivity contribution in [2.24, 2.45) is 0 Å². The molecule has 118 valence electrons. The number of rotatable bonds is 6. The molecule has 0 unspecified atom stereocenters. The predicted octanol–water partition coefficient (Wildman–Crippen LogP) is 5.25. The third-order valence-corrected chi connectivity index (χ3v) is 4.91. The van der Waals surface area contributed by atoms with Gasteiger partial charge in [0.05, 0.1) is 12.7 Å². The quantitative estimate of drug-likeness (QED) is 0.760. The molecule has 2 atom stereocenters. The Hall–Kier alpha value is -1.32. The summed E-state index contributed by atoms with van der Waals surface area (Å²) in [6.07, 6.45) is 1.53. The van der Waals surface area contributed by atoms with Gasteiger partial charge in [-0.3, -0.25) is 0 Å². The molecule has 2 aromatic rings. The average molecular weight is 363 g/mol. The van der Waals surface area contributed by atoms with Crippen molar-refractivity contribution in [1.82, 2.24) is 0 Å². The maximum atomic E-state index is 11.4. The van der Waals surface area contributed by atoms with Gasteiger partial charge >= 0.3 is 0 Å². The Kier molecular flexibility index (Phi) is 5.65. The molecule has 0 aliphatic heterocycles. The Bertz CT molecular complexity index is 592. The second-order valence-corrected chi connectivity index (χ2v) is 6.43. The topological polar surface area (TPSA) is 29.5 Å². The smallest absolute Gasteiger partial charge is 0.118 e. The Morgan fingerprint density at radius 1 is 1.05 bits per heavy atom. The predicted molar refractivity (Wildman–Crippen MR) is 94.4 cm³/mol. The standard InChI is InChI=1S/C19H23BrO2/c1-4-18(14-6-10-16(20)11-7-14)19(21,5-2)15-8-12-17(22-3)13-9-15/h6-13,18,21H,4-5H2,1-3H3/t18-,19+/m1/s1. The first kappa shape index (κ1) is 17.0. The first-order chi connectivity index (χ1) is 10.5. The van der Waals surface area contributed by atoms with Gasteiger partial charge in [-0.25, -0.2) is 0 Å². The van der Waals surface area contributed by atoms with Crippen LogP contribution >= 0.6 is 15.9 Å². The summed E-state index contributed by atoms with van der Waals surface area (Å²) in [5.74, 6) is 0.859. The maximum Gasteiger partial charge on any atom is 0.118 e. The highest BCUT2D eigenvalue weighted by Crippen LogP contribution is 2.42. The molecule has 0 spiro atoms. The van der Waals surface area contributed by atoms with Crippen molar-refractivity contribution >= 4 is 15.9 Å². The van der Waals surface area contributed by atoms with Crippen molar-refractivity contribution in [2.75, 3.05) is 7.11 Å². The van der Waals surface area contributed by atoms with Crippen LogP contribution in [0.1, 0.15) is 43.7 Å². The number of aliphatic hydroxyl groups is 1. The second kappa shape index (κ2) is 7.30. The van der Waals surface area contributed by atoms with Crippen molar-refractivity contribution in [3.05, 3.63) is 64.1 Å². The number of ether oxygens (including phenoxy) is 1. The number of halogens is 1. The fraction of sp³-hybridized carbons (Fsp3) is 0.368. The van der Waals surface area contributed by atoms with Gasteiger partial charge in [0.15, 0.2) is 0 Å². The normalized spacial score (nSPS) is 15.1. The first-order valence-electron chi connectivity index (χ1n) is 7.67. The van der Waals surface area contributed by atoms with E-state index in [0.717, 1.165) is 27.8 Å². The monoisotopic (exact) mass is 362 g/mol. The van der Waals surface area contributed by atoms with Crippen molar-refractivity contribution < 1.29 is 9.84 Å². The Labute approximate surface area is 141 Å². The molecular formula is C19H23BrO2. The van der Waals surface area contributed by atoms with Crippen molar-refractivity contribution in [3.8, 4) is 5.75 Å². The highest BCUT2D eigenvalue weighted by Gasteiger charge is 2.36. The molecular weight excluding hydrogens is 340 g/mol. The summed E-state index contributed by atoms with van der Waals surface area (Å²) in [4.78, 5) is 0. The van der Waals surface area contributed by atoms with Crippen LogP contribution in [0.4, 0.5) is 0 Å². The summed E-state index contributed by atoms with van der Waals surface area (Å²) < 4.78 is 6.26. The van der Waals surface area contributed by atoms with Crippen LogP contribution in [-0.4, -0.2) is 12.2 Å². The number of benzene rings is 2. The molecule has 0 aliphatic carbocycles. The Morgan fingerprint density at radius 3 is 2.09 bits per heavy atom. The Morgan fingerprint density at radius 2 is 1.64 bits per heavy atom. The van der Waals surface area contributed by atoms with Crippen LogP contribution in [0.15, 0.2) is 53.0 Å². The van der Waals surface area contributed by atoms with E-state index in [0.29, 0.717) is 6.42 Å². The molecule has 2 aromatic carbocycles. The molecule has 0 aliphatic rings. The van der Waals surface area contributed by atoms with E-state index in [1.807, 2.05) is 43.3 Å². The molecule has 0 bridgehead atoms. The van der Waals surface area contributed by atoms with Crippen LogP contribution in [0.25, 0.3) is 0 Å². The highest BCUT2D eigenvalue weighted by molar-refractivity contribution is 9.10. The van der Waals surface area contributed by atoms with E-state index in [-0.39, 0.29) is 5.92 Å². The fourth-order valence-electron chi connectivity index (χ4n) is 3.08. The highest BCUT2D eigenvalue weighted by atomic mass is 79.9. The van der Waals surface area contributed by atoms with Crippen molar-refractivity contribution in [3.63, 3.8) is 0 Å². The second-order valence-electron chi connectivity index (χ2n) is 5.52. The number of methoxy groups -OCH3 is 1. The van der Waals surface area contributed by atoms with Gasteiger partial charge in [0.25, 0.3) is 0 Å². The van der Waals surface area contributed by atoms with E-state index in [1.54, 1.807) is 7.11 Å². The van der Waals surface area contributed by atoms with Gasteiger partial charge in [0, 0.05) is 10.4 Å². The van der Waals surface area contributed by atoms with Gasteiger partial charge in [-0.05, 0) is 48.2 Å². The van der Waals surface area contributed by atoms with Crippen LogP contribution in [0.2, 0.25) is 0 Å². The van der Waals surface area contributed by atoms with Crippen LogP contribution in [0.5, 0.6) is 5.75 Å². The van der Waals surface area contributed by atoms with Gasteiger partial charge in [-0.1, -0.05) is 54.0 Å². The summed E-state index contributed by atoms with van der Waals surface area (Å²) in [5, 5.41) is 11.4. The minimum Gasteiger partial charge on any atom is -0.497 e. The molecule has 2 nitrogen and oxygen atoms in total. The molecule has 0 saturated carbocycles. The van der Waals surface area contributed by atoms with E-state index >= 15 is 0 Å². The lowest BCUT2D eigenvalue weighted by molar-refractivity contribution is 0.00144. The summed E-state index contributed by atoms with van der Waals surface area (Å²) in [7, 11) is 1.65. The third kappa shape index (κ3) is 3.36. The van der Waals surface area contributed by atoms with Crippen LogP contribution < -0.4 is 4.74 Å². The van der Waals surface area contributed by atoms with Gasteiger partial charge in [0.1, 0.15) is 5.75 Å². The van der Waals surface area contributed by atoms with E-state index in [9.17, 15) is 5.11 Å². The summed E-state index contributed by atoms with van der Waals surface area (Å²) in [5.41, 5.74) is 1.21. The van der Waals surface area contributed by atoms with Crippen molar-refractivity contribution in [1.29, 1.82) is 0 Å². The largest absolute Gasteiger partial charge is 0.497 e. The van der Waals surface area contributed by atoms with Crippen molar-refractivity contribution in [2.45, 2.75) is 38.2 Å². The molecule has 0 amide bonds. The maximum absolute atomic E-state index is 11.4. The molecule has 0 saturated heterocycles. The summed E-state index contributed by atoms with van der Waals surface area (Å²) in [6.45, 7) is 4.16. The minimum absolute atomic E-state index is 0.0546.